The van der Waals surface area contributed by atoms with Crippen LogP contribution in [0, 0.1) is 0 Å². The monoisotopic (exact) mass is 287 g/mol. The second-order valence-corrected chi connectivity index (χ2v) is 5.01. The van der Waals surface area contributed by atoms with Crippen molar-refractivity contribution in [3.8, 4) is 0 Å². The van der Waals surface area contributed by atoms with Gasteiger partial charge in [0.25, 0.3) is 0 Å². The smallest absolute Gasteiger partial charge is 0.339 e. The zero-order valence-corrected chi connectivity index (χ0v) is 11.6. The van der Waals surface area contributed by atoms with E-state index in [0.717, 1.165) is 32.0 Å². The summed E-state index contributed by atoms with van der Waals surface area (Å²) in [7, 11) is 0. The minimum Gasteiger partial charge on any atom is -0.478 e. The predicted octanol–water partition coefficient (Wildman–Crippen LogP) is 1.70. The van der Waals surface area contributed by atoms with Gasteiger partial charge in [0.2, 0.25) is 0 Å². The molecule has 1 N–H and O–H groups in total. The van der Waals surface area contributed by atoms with Gasteiger partial charge in [-0.05, 0) is 18.2 Å². The van der Waals surface area contributed by atoms with Crippen LogP contribution in [0.4, 0.5) is 5.82 Å². The summed E-state index contributed by atoms with van der Waals surface area (Å²) in [4.78, 5) is 19.9. The molecule has 3 rings (SSSR count). The van der Waals surface area contributed by atoms with E-state index in [0.29, 0.717) is 12.3 Å². The van der Waals surface area contributed by atoms with Gasteiger partial charge in [-0.2, -0.15) is 0 Å². The maximum Gasteiger partial charge on any atom is 0.339 e. The number of aromatic nitrogens is 1. The molecule has 0 atom stereocenters. The Labute approximate surface area is 122 Å². The van der Waals surface area contributed by atoms with Crippen LogP contribution in [0.1, 0.15) is 16.1 Å². The largest absolute Gasteiger partial charge is 0.478 e. The van der Waals surface area contributed by atoms with Crippen molar-refractivity contribution in [3.05, 3.63) is 48.0 Å². The number of aromatic carboxylic acids is 1. The van der Waals surface area contributed by atoms with Crippen molar-refractivity contribution >= 4 is 11.8 Å². The van der Waals surface area contributed by atoms with E-state index in [4.69, 9.17) is 9.52 Å². The van der Waals surface area contributed by atoms with Gasteiger partial charge in [0.05, 0.1) is 12.8 Å². The Bertz CT molecular complexity index is 604. The van der Waals surface area contributed by atoms with E-state index in [1.165, 1.54) is 12.3 Å². The lowest BCUT2D eigenvalue weighted by molar-refractivity contribution is 0.0692. The van der Waals surface area contributed by atoms with Crippen molar-refractivity contribution < 1.29 is 14.3 Å². The van der Waals surface area contributed by atoms with Gasteiger partial charge in [0.1, 0.15) is 17.1 Å². The lowest BCUT2D eigenvalue weighted by atomic mass is 10.2. The molecule has 0 unspecified atom stereocenters. The van der Waals surface area contributed by atoms with E-state index in [9.17, 15) is 4.79 Å². The molecule has 0 saturated carbocycles. The van der Waals surface area contributed by atoms with Gasteiger partial charge in [-0.3, -0.25) is 4.90 Å². The first kappa shape index (κ1) is 13.6. The van der Waals surface area contributed by atoms with Crippen LogP contribution in [-0.2, 0) is 6.54 Å². The molecule has 0 radical (unpaired) electrons. The molecule has 6 nitrogen and oxygen atoms in total. The van der Waals surface area contributed by atoms with Crippen molar-refractivity contribution in [1.29, 1.82) is 0 Å². The number of piperazine rings is 1. The molecule has 6 heteroatoms. The average molecular weight is 287 g/mol. The van der Waals surface area contributed by atoms with Gasteiger partial charge in [-0.1, -0.05) is 6.07 Å². The summed E-state index contributed by atoms with van der Waals surface area (Å²) in [6, 6.07) is 7.40. The topological polar surface area (TPSA) is 69.8 Å². The van der Waals surface area contributed by atoms with Crippen LogP contribution in [0.2, 0.25) is 0 Å². The third-order valence-electron chi connectivity index (χ3n) is 3.69. The van der Waals surface area contributed by atoms with Crippen LogP contribution in [0.5, 0.6) is 0 Å². The van der Waals surface area contributed by atoms with Gasteiger partial charge in [-0.15, -0.1) is 0 Å². The molecule has 110 valence electrons. The quantitative estimate of drug-likeness (QED) is 0.923. The number of hydrogen-bond acceptors (Lipinski definition) is 5. The molecule has 1 fully saturated rings. The average Bonchev–Trinajstić information content (AvgIpc) is 2.97. The normalized spacial score (nSPS) is 16.1. The summed E-state index contributed by atoms with van der Waals surface area (Å²) in [5, 5.41) is 9.08. The molecule has 3 heterocycles. The Morgan fingerprint density at radius 3 is 2.71 bits per heavy atom. The van der Waals surface area contributed by atoms with Gasteiger partial charge in [0.15, 0.2) is 0 Å². The van der Waals surface area contributed by atoms with Crippen LogP contribution in [-0.4, -0.2) is 47.1 Å². The Balaban J connectivity index is 1.59. The first-order chi connectivity index (χ1) is 10.2. The van der Waals surface area contributed by atoms with Crippen LogP contribution >= 0.6 is 0 Å². The number of furan rings is 1. The summed E-state index contributed by atoms with van der Waals surface area (Å²) < 4.78 is 5.29. The minimum atomic E-state index is -0.939. The number of rotatable bonds is 4. The Kier molecular flexibility index (Phi) is 3.87. The SMILES string of the molecule is O=C(O)c1ccoc1CN1CCN(c2ccccn2)CC1. The van der Waals surface area contributed by atoms with Crippen LogP contribution in [0.15, 0.2) is 41.1 Å². The summed E-state index contributed by atoms with van der Waals surface area (Å²) >= 11 is 0. The molecule has 2 aromatic heterocycles. The molecule has 0 aliphatic carbocycles. The van der Waals surface area contributed by atoms with E-state index < -0.39 is 5.97 Å². The van der Waals surface area contributed by atoms with Gasteiger partial charge < -0.3 is 14.4 Å². The maximum atomic E-state index is 11.1. The van der Waals surface area contributed by atoms with E-state index in [1.807, 2.05) is 18.2 Å². The van der Waals surface area contributed by atoms with Crippen LogP contribution < -0.4 is 4.90 Å². The van der Waals surface area contributed by atoms with Crippen molar-refractivity contribution in [3.63, 3.8) is 0 Å². The molecule has 21 heavy (non-hydrogen) atoms. The predicted molar refractivity (Wildman–Crippen MR) is 77.4 cm³/mol. The molecule has 1 saturated heterocycles. The highest BCUT2D eigenvalue weighted by Gasteiger charge is 2.21. The van der Waals surface area contributed by atoms with Crippen molar-refractivity contribution in [2.45, 2.75) is 6.54 Å². The van der Waals surface area contributed by atoms with Crippen LogP contribution in [0.25, 0.3) is 0 Å². The molecule has 0 aromatic carbocycles. The minimum absolute atomic E-state index is 0.252. The number of carboxylic acid groups (broad SMARTS) is 1. The molecule has 0 amide bonds. The van der Waals surface area contributed by atoms with E-state index in [1.54, 1.807) is 6.20 Å². The second-order valence-electron chi connectivity index (χ2n) is 5.01. The zero-order valence-electron chi connectivity index (χ0n) is 11.6. The second kappa shape index (κ2) is 5.97. The number of anilines is 1. The lowest BCUT2D eigenvalue weighted by Crippen LogP contribution is -2.46. The standard InChI is InChI=1S/C15H17N3O3/c19-15(20)12-4-10-21-13(12)11-17-6-8-18(9-7-17)14-3-1-2-5-16-14/h1-5,10H,6-9,11H2,(H,19,20). The molecule has 0 spiro atoms. The third-order valence-corrected chi connectivity index (χ3v) is 3.69. The van der Waals surface area contributed by atoms with E-state index >= 15 is 0 Å². The molecule has 0 bridgehead atoms. The summed E-state index contributed by atoms with van der Waals surface area (Å²) in [5.41, 5.74) is 0.252. The van der Waals surface area contributed by atoms with Crippen molar-refractivity contribution in [2.75, 3.05) is 31.1 Å². The lowest BCUT2D eigenvalue weighted by Gasteiger charge is -2.35. The zero-order chi connectivity index (χ0) is 14.7. The fraction of sp³-hybridized carbons (Fsp3) is 0.333. The number of pyridine rings is 1. The third kappa shape index (κ3) is 3.05. The van der Waals surface area contributed by atoms with Crippen LogP contribution in [0.3, 0.4) is 0 Å². The number of nitrogens with zero attached hydrogens (tertiary/aromatic N) is 3. The van der Waals surface area contributed by atoms with Crippen molar-refractivity contribution in [1.82, 2.24) is 9.88 Å². The Morgan fingerprint density at radius 2 is 2.05 bits per heavy atom. The summed E-state index contributed by atoms with van der Waals surface area (Å²) in [6.07, 6.45) is 3.23. The highest BCUT2D eigenvalue weighted by molar-refractivity contribution is 5.88. The molecular weight excluding hydrogens is 270 g/mol. The number of hydrogen-bond donors (Lipinski definition) is 1. The number of carbonyl (C=O) groups is 1. The highest BCUT2D eigenvalue weighted by atomic mass is 16.4. The fourth-order valence-corrected chi connectivity index (χ4v) is 2.53. The fourth-order valence-electron chi connectivity index (χ4n) is 2.53. The van der Waals surface area contributed by atoms with E-state index in [-0.39, 0.29) is 5.56 Å². The molecule has 1 aliphatic rings. The van der Waals surface area contributed by atoms with Gasteiger partial charge in [0, 0.05) is 32.4 Å². The molecular formula is C15H17N3O3. The van der Waals surface area contributed by atoms with E-state index in [2.05, 4.69) is 14.8 Å². The first-order valence-electron chi connectivity index (χ1n) is 6.92. The van der Waals surface area contributed by atoms with Gasteiger partial charge >= 0.3 is 5.97 Å². The Hall–Kier alpha value is -2.34. The first-order valence-corrected chi connectivity index (χ1v) is 6.92. The highest BCUT2D eigenvalue weighted by Crippen LogP contribution is 2.17. The molecule has 1 aliphatic heterocycles. The maximum absolute atomic E-state index is 11.1. The van der Waals surface area contributed by atoms with Crippen molar-refractivity contribution in [2.24, 2.45) is 0 Å². The van der Waals surface area contributed by atoms with Gasteiger partial charge in [-0.25, -0.2) is 9.78 Å². The number of carboxylic acids is 1. The Morgan fingerprint density at radius 1 is 1.24 bits per heavy atom. The molecule has 2 aromatic rings. The summed E-state index contributed by atoms with van der Waals surface area (Å²) in [5.74, 6) is 0.570. The summed E-state index contributed by atoms with van der Waals surface area (Å²) in [6.45, 7) is 4.00.